The molecule has 0 fully saturated rings. The molecule has 1 atom stereocenters. The molecule has 5 nitrogen and oxygen atoms in total. The molecule has 0 unspecified atom stereocenters. The maximum atomic E-state index is 12.3. The van der Waals surface area contributed by atoms with Gasteiger partial charge in [0.25, 0.3) is 0 Å². The minimum Gasteiger partial charge on any atom is -0.481 e. The Balaban J connectivity index is 3.09. The molecule has 0 aliphatic rings. The molecule has 5 heteroatoms. The lowest BCUT2D eigenvalue weighted by molar-refractivity contribution is -0.138. The first-order valence-corrected chi connectivity index (χ1v) is 8.04. The molecule has 0 radical (unpaired) electrons. The number of ether oxygens (including phenoxy) is 1. The maximum Gasteiger partial charge on any atom is 0.408 e. The fraction of sp³-hybridized carbons (Fsp3) is 0.474. The Morgan fingerprint density at radius 3 is 2.33 bits per heavy atom. The van der Waals surface area contributed by atoms with Gasteiger partial charge in [-0.05, 0) is 46.1 Å². The Hall–Kier alpha value is -2.30. The van der Waals surface area contributed by atoms with Crippen LogP contribution >= 0.6 is 0 Å². The average molecular weight is 333 g/mol. The highest BCUT2D eigenvalue weighted by molar-refractivity contribution is 5.73. The van der Waals surface area contributed by atoms with Crippen molar-refractivity contribution in [1.29, 1.82) is 0 Å². The summed E-state index contributed by atoms with van der Waals surface area (Å²) in [5, 5.41) is 12.2. The fourth-order valence-corrected chi connectivity index (χ4v) is 2.49. The summed E-state index contributed by atoms with van der Waals surface area (Å²) in [5.74, 6) is -0.966. The van der Waals surface area contributed by atoms with Gasteiger partial charge in [-0.2, -0.15) is 0 Å². The second-order valence-electron chi connectivity index (χ2n) is 6.91. The lowest BCUT2D eigenvalue weighted by Gasteiger charge is -2.34. The number of aliphatic carboxylic acids is 1. The van der Waals surface area contributed by atoms with Gasteiger partial charge in [0.15, 0.2) is 0 Å². The van der Waals surface area contributed by atoms with Crippen LogP contribution < -0.4 is 5.32 Å². The van der Waals surface area contributed by atoms with Crippen LogP contribution in [0.1, 0.15) is 46.1 Å². The zero-order chi connectivity index (χ0) is 18.2. The number of hydrogen-bond donors (Lipinski definition) is 2. The molecule has 24 heavy (non-hydrogen) atoms. The minimum atomic E-state index is -0.966. The summed E-state index contributed by atoms with van der Waals surface area (Å²) in [6, 6.07) is 9.52. The molecule has 132 valence electrons. The van der Waals surface area contributed by atoms with Crippen LogP contribution in [0.15, 0.2) is 42.5 Å². The van der Waals surface area contributed by atoms with Gasteiger partial charge < -0.3 is 15.2 Å². The molecule has 1 amide bonds. The molecule has 0 aromatic heterocycles. The maximum absolute atomic E-state index is 12.3. The van der Waals surface area contributed by atoms with E-state index in [-0.39, 0.29) is 6.42 Å². The van der Waals surface area contributed by atoms with E-state index in [1.165, 1.54) is 0 Å². The number of carbonyl (C=O) groups excluding carboxylic acids is 1. The van der Waals surface area contributed by atoms with Crippen LogP contribution in [0.5, 0.6) is 0 Å². The van der Waals surface area contributed by atoms with Crippen molar-refractivity contribution in [1.82, 2.24) is 5.32 Å². The van der Waals surface area contributed by atoms with Gasteiger partial charge in [0.1, 0.15) is 5.60 Å². The Morgan fingerprint density at radius 1 is 1.21 bits per heavy atom. The highest BCUT2D eigenvalue weighted by atomic mass is 16.6. The number of benzene rings is 1. The van der Waals surface area contributed by atoms with Crippen LogP contribution in [0, 0.1) is 0 Å². The number of nitrogens with one attached hydrogen (secondary N) is 1. The standard InChI is InChI=1S/C19H27NO4/c1-5-6-12-19(14-16(21)22,13-15-10-8-7-9-11-15)20-17(23)24-18(2,3)4/h5-11H,12-14H2,1-4H3,(H,20,23)(H,21,22)/t19-/m0/s1. The normalized spacial score (nSPS) is 14.2. The molecular weight excluding hydrogens is 306 g/mol. The van der Waals surface area contributed by atoms with Gasteiger partial charge in [0, 0.05) is 0 Å². The number of amides is 1. The van der Waals surface area contributed by atoms with E-state index in [1.54, 1.807) is 20.8 Å². The van der Waals surface area contributed by atoms with Gasteiger partial charge in [-0.3, -0.25) is 4.79 Å². The molecule has 0 heterocycles. The topological polar surface area (TPSA) is 75.6 Å². The molecule has 1 rings (SSSR count). The molecule has 1 aromatic carbocycles. The Labute approximate surface area is 143 Å². The average Bonchev–Trinajstić information content (AvgIpc) is 2.43. The highest BCUT2D eigenvalue weighted by Gasteiger charge is 2.35. The summed E-state index contributed by atoms with van der Waals surface area (Å²) in [7, 11) is 0. The van der Waals surface area contributed by atoms with Crippen molar-refractivity contribution in [2.45, 2.75) is 58.1 Å². The zero-order valence-electron chi connectivity index (χ0n) is 14.8. The Kier molecular flexibility index (Phi) is 7.01. The van der Waals surface area contributed by atoms with Crippen molar-refractivity contribution in [2.24, 2.45) is 0 Å². The molecule has 2 N–H and O–H groups in total. The van der Waals surface area contributed by atoms with E-state index in [2.05, 4.69) is 5.32 Å². The van der Waals surface area contributed by atoms with E-state index in [1.807, 2.05) is 49.4 Å². The fourth-order valence-electron chi connectivity index (χ4n) is 2.49. The number of rotatable bonds is 7. The van der Waals surface area contributed by atoms with E-state index < -0.39 is 23.2 Å². The van der Waals surface area contributed by atoms with Gasteiger partial charge in [-0.1, -0.05) is 42.5 Å². The lowest BCUT2D eigenvalue weighted by Crippen LogP contribution is -2.52. The first kappa shape index (κ1) is 19.7. The predicted molar refractivity (Wildman–Crippen MR) is 93.9 cm³/mol. The van der Waals surface area contributed by atoms with Crippen molar-refractivity contribution < 1.29 is 19.4 Å². The van der Waals surface area contributed by atoms with Crippen molar-refractivity contribution in [3.8, 4) is 0 Å². The molecule has 0 bridgehead atoms. The van der Waals surface area contributed by atoms with Crippen molar-refractivity contribution in [3.05, 3.63) is 48.0 Å². The molecule has 0 aliphatic carbocycles. The summed E-state index contributed by atoms with van der Waals surface area (Å²) >= 11 is 0. The van der Waals surface area contributed by atoms with Crippen LogP contribution in [0.4, 0.5) is 4.79 Å². The number of hydrogen-bond acceptors (Lipinski definition) is 3. The predicted octanol–water partition coefficient (Wildman–Crippen LogP) is 3.93. The molecule has 1 aromatic rings. The molecular formula is C19H27NO4. The summed E-state index contributed by atoms with van der Waals surface area (Å²) < 4.78 is 5.33. The van der Waals surface area contributed by atoms with E-state index in [0.717, 1.165) is 5.56 Å². The number of allylic oxidation sites excluding steroid dienone is 1. The van der Waals surface area contributed by atoms with Gasteiger partial charge in [0.05, 0.1) is 12.0 Å². The first-order valence-electron chi connectivity index (χ1n) is 8.04. The lowest BCUT2D eigenvalue weighted by atomic mass is 9.84. The third-order valence-corrected chi connectivity index (χ3v) is 3.39. The van der Waals surface area contributed by atoms with E-state index in [0.29, 0.717) is 12.8 Å². The van der Waals surface area contributed by atoms with Gasteiger partial charge in [-0.25, -0.2) is 4.79 Å². The third kappa shape index (κ3) is 7.31. The van der Waals surface area contributed by atoms with Crippen LogP contribution in [-0.4, -0.2) is 28.3 Å². The third-order valence-electron chi connectivity index (χ3n) is 3.39. The van der Waals surface area contributed by atoms with E-state index in [4.69, 9.17) is 4.74 Å². The largest absolute Gasteiger partial charge is 0.481 e. The van der Waals surface area contributed by atoms with Crippen LogP contribution in [0.2, 0.25) is 0 Å². The summed E-state index contributed by atoms with van der Waals surface area (Å²) in [4.78, 5) is 23.7. The smallest absolute Gasteiger partial charge is 0.408 e. The second kappa shape index (κ2) is 8.52. The van der Waals surface area contributed by atoms with Crippen molar-refractivity contribution in [3.63, 3.8) is 0 Å². The molecule has 0 saturated carbocycles. The summed E-state index contributed by atoms with van der Waals surface area (Å²) in [6.45, 7) is 7.18. The Morgan fingerprint density at radius 2 is 1.83 bits per heavy atom. The molecule has 0 aliphatic heterocycles. The molecule has 0 saturated heterocycles. The highest BCUT2D eigenvalue weighted by Crippen LogP contribution is 2.24. The van der Waals surface area contributed by atoms with Crippen molar-refractivity contribution in [2.75, 3.05) is 0 Å². The van der Waals surface area contributed by atoms with Gasteiger partial charge in [-0.15, -0.1) is 0 Å². The van der Waals surface area contributed by atoms with Gasteiger partial charge >= 0.3 is 12.1 Å². The number of carbonyl (C=O) groups is 2. The Bertz CT molecular complexity index is 575. The molecule has 0 spiro atoms. The minimum absolute atomic E-state index is 0.189. The summed E-state index contributed by atoms with van der Waals surface area (Å²) in [6.07, 6.45) is 3.73. The van der Waals surface area contributed by atoms with Crippen LogP contribution in [0.25, 0.3) is 0 Å². The van der Waals surface area contributed by atoms with Crippen LogP contribution in [0.3, 0.4) is 0 Å². The first-order chi connectivity index (χ1) is 11.2. The van der Waals surface area contributed by atoms with Gasteiger partial charge in [0.2, 0.25) is 0 Å². The van der Waals surface area contributed by atoms with Crippen molar-refractivity contribution >= 4 is 12.1 Å². The summed E-state index contributed by atoms with van der Waals surface area (Å²) in [5.41, 5.74) is -0.631. The van der Waals surface area contributed by atoms with Crippen LogP contribution in [-0.2, 0) is 16.0 Å². The second-order valence-corrected chi connectivity index (χ2v) is 6.91. The van der Waals surface area contributed by atoms with E-state index >= 15 is 0 Å². The number of carboxylic acid groups (broad SMARTS) is 1. The number of alkyl carbamates (subject to hydrolysis) is 1. The zero-order valence-corrected chi connectivity index (χ0v) is 14.8. The SMILES string of the molecule is CC=CC[C@@](CC(=O)O)(Cc1ccccc1)NC(=O)OC(C)(C)C. The monoisotopic (exact) mass is 333 g/mol. The quantitative estimate of drug-likeness (QED) is 0.741. The number of carboxylic acids is 1. The van der Waals surface area contributed by atoms with E-state index in [9.17, 15) is 14.7 Å².